The van der Waals surface area contributed by atoms with Crippen LogP contribution in [0, 0.1) is 5.92 Å². The quantitative estimate of drug-likeness (QED) is 0.697. The summed E-state index contributed by atoms with van der Waals surface area (Å²) in [5.41, 5.74) is 0. The third kappa shape index (κ3) is 6.54. The van der Waals surface area contributed by atoms with Crippen molar-refractivity contribution in [3.05, 3.63) is 0 Å². The van der Waals surface area contributed by atoms with Gasteiger partial charge in [-0.25, -0.2) is 8.42 Å². The normalized spacial score (nSPS) is 21.5. The molecule has 0 saturated carbocycles. The third-order valence-electron chi connectivity index (χ3n) is 3.40. The monoisotopic (exact) mass is 308 g/mol. The Balaban J connectivity index is 2.12. The zero-order chi connectivity index (χ0) is 14.3. The Bertz CT molecular complexity index is 380. The molecule has 1 N–H and O–H groups in total. The molecule has 1 rings (SSSR count). The zero-order valence-corrected chi connectivity index (χ0v) is 13.4. The van der Waals surface area contributed by atoms with E-state index in [1.165, 1.54) is 0 Å². The Morgan fingerprint density at radius 2 is 2.11 bits per heavy atom. The van der Waals surface area contributed by atoms with E-state index in [0.29, 0.717) is 24.1 Å². The van der Waals surface area contributed by atoms with Gasteiger partial charge in [0.1, 0.15) is 6.61 Å². The topological polar surface area (TPSA) is 58.6 Å². The standard InChI is InChI=1S/C12H24N2O3S2/c1-3-14(4-2)6-7-17-12(18)13-9-11-5-8-19(15,16)10-11/h11H,3-10H2,1-2H3,(H,13,18). The van der Waals surface area contributed by atoms with E-state index in [9.17, 15) is 8.42 Å². The van der Waals surface area contributed by atoms with Crippen LogP contribution in [0.5, 0.6) is 0 Å². The number of sulfone groups is 1. The molecule has 0 aromatic carbocycles. The van der Waals surface area contributed by atoms with E-state index in [2.05, 4.69) is 24.1 Å². The van der Waals surface area contributed by atoms with Crippen molar-refractivity contribution in [3.8, 4) is 0 Å². The van der Waals surface area contributed by atoms with Crippen molar-refractivity contribution in [2.24, 2.45) is 5.92 Å². The Hall–Kier alpha value is -0.400. The predicted octanol–water partition coefficient (Wildman–Crippen LogP) is 0.654. The van der Waals surface area contributed by atoms with Gasteiger partial charge < -0.3 is 15.0 Å². The van der Waals surface area contributed by atoms with E-state index in [0.717, 1.165) is 26.1 Å². The highest BCUT2D eigenvalue weighted by Crippen LogP contribution is 2.17. The van der Waals surface area contributed by atoms with Crippen LogP contribution in [0.15, 0.2) is 0 Å². The van der Waals surface area contributed by atoms with Crippen LogP contribution < -0.4 is 5.32 Å². The SMILES string of the molecule is CCN(CC)CCOC(=S)NCC1CCS(=O)(=O)C1. The molecular formula is C12H24N2O3S2. The van der Waals surface area contributed by atoms with E-state index in [-0.39, 0.29) is 11.7 Å². The summed E-state index contributed by atoms with van der Waals surface area (Å²) in [6.45, 7) is 8.23. The first kappa shape index (κ1) is 16.7. The molecule has 1 saturated heterocycles. The third-order valence-corrected chi connectivity index (χ3v) is 5.50. The van der Waals surface area contributed by atoms with Crippen LogP contribution in [-0.2, 0) is 14.6 Å². The van der Waals surface area contributed by atoms with Gasteiger partial charge in [0.05, 0.1) is 11.5 Å². The van der Waals surface area contributed by atoms with Gasteiger partial charge in [-0.15, -0.1) is 0 Å². The molecule has 5 nitrogen and oxygen atoms in total. The molecule has 1 aliphatic rings. The lowest BCUT2D eigenvalue weighted by molar-refractivity contribution is 0.212. The van der Waals surface area contributed by atoms with E-state index < -0.39 is 9.84 Å². The Labute approximate surface area is 121 Å². The van der Waals surface area contributed by atoms with Crippen molar-refractivity contribution in [2.45, 2.75) is 20.3 Å². The van der Waals surface area contributed by atoms with Crippen LogP contribution in [0.4, 0.5) is 0 Å². The van der Waals surface area contributed by atoms with Gasteiger partial charge in [-0.2, -0.15) is 0 Å². The van der Waals surface area contributed by atoms with Gasteiger partial charge >= 0.3 is 0 Å². The minimum atomic E-state index is -2.81. The maximum atomic E-state index is 11.3. The molecule has 19 heavy (non-hydrogen) atoms. The van der Waals surface area contributed by atoms with E-state index >= 15 is 0 Å². The number of likely N-dealkylation sites (N-methyl/N-ethyl adjacent to an activating group) is 1. The van der Waals surface area contributed by atoms with Crippen molar-refractivity contribution >= 4 is 27.2 Å². The molecule has 0 aromatic heterocycles. The minimum Gasteiger partial charge on any atom is -0.470 e. The highest BCUT2D eigenvalue weighted by atomic mass is 32.2. The molecular weight excluding hydrogens is 284 g/mol. The van der Waals surface area contributed by atoms with Crippen molar-refractivity contribution in [2.75, 3.05) is 44.3 Å². The van der Waals surface area contributed by atoms with Crippen LogP contribution in [0.3, 0.4) is 0 Å². The van der Waals surface area contributed by atoms with Crippen LogP contribution in [0.25, 0.3) is 0 Å². The minimum absolute atomic E-state index is 0.161. The van der Waals surface area contributed by atoms with Crippen molar-refractivity contribution < 1.29 is 13.2 Å². The fourth-order valence-electron chi connectivity index (χ4n) is 2.12. The van der Waals surface area contributed by atoms with Crippen LogP contribution in [0.2, 0.25) is 0 Å². The molecule has 0 bridgehead atoms. The number of hydrogen-bond acceptors (Lipinski definition) is 5. The van der Waals surface area contributed by atoms with Gasteiger partial charge in [-0.1, -0.05) is 13.8 Å². The summed E-state index contributed by atoms with van der Waals surface area (Å²) >= 11 is 5.07. The summed E-state index contributed by atoms with van der Waals surface area (Å²) in [6.07, 6.45) is 0.720. The number of thiocarbonyl (C=S) groups is 1. The maximum absolute atomic E-state index is 11.3. The molecule has 0 aromatic rings. The summed E-state index contributed by atoms with van der Waals surface area (Å²) < 4.78 is 28.0. The largest absolute Gasteiger partial charge is 0.470 e. The molecule has 1 fully saturated rings. The summed E-state index contributed by atoms with van der Waals surface area (Å²) in [7, 11) is -2.81. The van der Waals surface area contributed by atoms with Gasteiger partial charge in [0.25, 0.3) is 5.17 Å². The number of nitrogens with one attached hydrogen (secondary N) is 1. The van der Waals surface area contributed by atoms with Crippen molar-refractivity contribution in [1.82, 2.24) is 10.2 Å². The molecule has 0 amide bonds. The lowest BCUT2D eigenvalue weighted by Crippen LogP contribution is -2.33. The maximum Gasteiger partial charge on any atom is 0.256 e. The number of hydrogen-bond donors (Lipinski definition) is 1. The summed E-state index contributed by atoms with van der Waals surface area (Å²) in [5.74, 6) is 0.728. The van der Waals surface area contributed by atoms with Gasteiger partial charge in [-0.05, 0) is 37.6 Å². The average Bonchev–Trinajstić information content (AvgIpc) is 2.72. The molecule has 112 valence electrons. The molecule has 1 aliphatic heterocycles. The molecule has 1 atom stereocenters. The molecule has 0 aliphatic carbocycles. The lowest BCUT2D eigenvalue weighted by atomic mass is 10.1. The second kappa shape index (κ2) is 8.01. The Morgan fingerprint density at radius 1 is 1.42 bits per heavy atom. The Morgan fingerprint density at radius 3 is 2.63 bits per heavy atom. The number of nitrogens with zero attached hydrogens (tertiary/aromatic N) is 1. The van der Waals surface area contributed by atoms with E-state index in [1.807, 2.05) is 0 Å². The first-order valence-electron chi connectivity index (χ1n) is 6.80. The van der Waals surface area contributed by atoms with Gasteiger partial charge in [0.15, 0.2) is 9.84 Å². The smallest absolute Gasteiger partial charge is 0.256 e. The highest BCUT2D eigenvalue weighted by Gasteiger charge is 2.27. The molecule has 7 heteroatoms. The summed E-state index contributed by atoms with van der Waals surface area (Å²) in [4.78, 5) is 2.26. The molecule has 1 heterocycles. The van der Waals surface area contributed by atoms with Gasteiger partial charge in [0, 0.05) is 13.1 Å². The van der Waals surface area contributed by atoms with E-state index in [4.69, 9.17) is 17.0 Å². The number of ether oxygens (including phenoxy) is 1. The number of rotatable bonds is 7. The highest BCUT2D eigenvalue weighted by molar-refractivity contribution is 7.91. The Kier molecular flexibility index (Phi) is 7.02. The first-order chi connectivity index (χ1) is 8.96. The molecule has 1 unspecified atom stereocenters. The van der Waals surface area contributed by atoms with Crippen molar-refractivity contribution in [3.63, 3.8) is 0 Å². The second-order valence-corrected chi connectivity index (χ2v) is 7.41. The summed E-state index contributed by atoms with van der Waals surface area (Å²) in [6, 6.07) is 0. The van der Waals surface area contributed by atoms with Crippen LogP contribution in [0.1, 0.15) is 20.3 Å². The zero-order valence-electron chi connectivity index (χ0n) is 11.7. The van der Waals surface area contributed by atoms with Gasteiger partial charge in [0.2, 0.25) is 0 Å². The second-order valence-electron chi connectivity index (χ2n) is 4.81. The first-order valence-corrected chi connectivity index (χ1v) is 9.03. The van der Waals surface area contributed by atoms with Crippen LogP contribution >= 0.6 is 12.2 Å². The fourth-order valence-corrected chi connectivity index (χ4v) is 4.15. The predicted molar refractivity (Wildman–Crippen MR) is 81.1 cm³/mol. The lowest BCUT2D eigenvalue weighted by Gasteiger charge is -2.18. The molecule has 0 radical (unpaired) electrons. The summed E-state index contributed by atoms with van der Waals surface area (Å²) in [5, 5.41) is 3.37. The molecule has 0 spiro atoms. The fraction of sp³-hybridized carbons (Fsp3) is 0.917. The van der Waals surface area contributed by atoms with Gasteiger partial charge in [-0.3, -0.25) is 0 Å². The van der Waals surface area contributed by atoms with Crippen molar-refractivity contribution in [1.29, 1.82) is 0 Å². The average molecular weight is 308 g/mol. The van der Waals surface area contributed by atoms with E-state index in [1.54, 1.807) is 0 Å². The van der Waals surface area contributed by atoms with Crippen LogP contribution in [-0.4, -0.2) is 62.8 Å².